The van der Waals surface area contributed by atoms with Gasteiger partial charge in [-0.05, 0) is 48.5 Å². The molecule has 118 valence electrons. The summed E-state index contributed by atoms with van der Waals surface area (Å²) >= 11 is 0. The van der Waals surface area contributed by atoms with Crippen molar-refractivity contribution in [3.8, 4) is 11.5 Å². The summed E-state index contributed by atoms with van der Waals surface area (Å²) in [4.78, 5) is -0.0181. The molecular formula is C15H12FN3O3S. The zero-order valence-corrected chi connectivity index (χ0v) is 12.8. The molecule has 0 amide bonds. The Kier molecular flexibility index (Phi) is 3.83. The van der Waals surface area contributed by atoms with Crippen LogP contribution >= 0.6 is 0 Å². The largest absolute Gasteiger partial charge is 0.421 e. The van der Waals surface area contributed by atoms with Gasteiger partial charge in [-0.25, -0.2) is 12.8 Å². The standard InChI is InChI=1S/C15H12FN3O3S/c1-10-17-18-15(22-10)11-2-6-13(7-3-11)19-23(20,21)14-8-4-12(16)5-9-14/h2-9,19H,1H3. The Hall–Kier alpha value is -2.74. The Morgan fingerprint density at radius 2 is 1.65 bits per heavy atom. The molecule has 1 N–H and O–H groups in total. The van der Waals surface area contributed by atoms with Gasteiger partial charge in [-0.1, -0.05) is 0 Å². The second-order valence-electron chi connectivity index (χ2n) is 4.76. The molecule has 23 heavy (non-hydrogen) atoms. The lowest BCUT2D eigenvalue weighted by molar-refractivity contribution is 0.533. The van der Waals surface area contributed by atoms with Crippen LogP contribution < -0.4 is 4.72 Å². The van der Waals surface area contributed by atoms with Gasteiger partial charge in [0.1, 0.15) is 5.82 Å². The quantitative estimate of drug-likeness (QED) is 0.793. The van der Waals surface area contributed by atoms with Crippen LogP contribution in [0.2, 0.25) is 0 Å². The van der Waals surface area contributed by atoms with E-state index in [-0.39, 0.29) is 4.90 Å². The van der Waals surface area contributed by atoms with E-state index in [9.17, 15) is 12.8 Å². The number of anilines is 1. The molecule has 1 aromatic heterocycles. The molecule has 0 fully saturated rings. The van der Waals surface area contributed by atoms with Crippen LogP contribution in [0.5, 0.6) is 0 Å². The number of aryl methyl sites for hydroxylation is 1. The summed E-state index contributed by atoms with van der Waals surface area (Å²) in [5.74, 6) is 0.305. The summed E-state index contributed by atoms with van der Waals surface area (Å²) < 4.78 is 45.0. The minimum atomic E-state index is -3.77. The van der Waals surface area contributed by atoms with Gasteiger partial charge in [0.25, 0.3) is 10.0 Å². The molecule has 0 radical (unpaired) electrons. The smallest absolute Gasteiger partial charge is 0.261 e. The average molecular weight is 333 g/mol. The number of nitrogens with one attached hydrogen (secondary N) is 1. The number of benzene rings is 2. The molecule has 0 aliphatic heterocycles. The minimum absolute atomic E-state index is 0.0181. The summed E-state index contributed by atoms with van der Waals surface area (Å²) in [5.41, 5.74) is 1.05. The molecule has 6 nitrogen and oxygen atoms in total. The topological polar surface area (TPSA) is 85.1 Å². The number of hydrogen-bond acceptors (Lipinski definition) is 5. The van der Waals surface area contributed by atoms with Crippen LogP contribution in [0.3, 0.4) is 0 Å². The molecule has 3 aromatic rings. The first-order valence-corrected chi connectivity index (χ1v) is 8.11. The van der Waals surface area contributed by atoms with Gasteiger partial charge in [0.05, 0.1) is 4.90 Å². The second kappa shape index (κ2) is 5.81. The van der Waals surface area contributed by atoms with Crippen molar-refractivity contribution in [2.24, 2.45) is 0 Å². The third kappa shape index (κ3) is 3.37. The molecule has 1 heterocycles. The van der Waals surface area contributed by atoms with Crippen molar-refractivity contribution in [2.45, 2.75) is 11.8 Å². The maximum atomic E-state index is 12.9. The first-order valence-electron chi connectivity index (χ1n) is 6.63. The third-order valence-electron chi connectivity index (χ3n) is 3.03. The predicted molar refractivity (Wildman–Crippen MR) is 81.7 cm³/mol. The van der Waals surface area contributed by atoms with E-state index < -0.39 is 15.8 Å². The fraction of sp³-hybridized carbons (Fsp3) is 0.0667. The van der Waals surface area contributed by atoms with E-state index in [4.69, 9.17) is 4.42 Å². The number of rotatable bonds is 4. The van der Waals surface area contributed by atoms with Crippen molar-refractivity contribution in [2.75, 3.05) is 4.72 Å². The lowest BCUT2D eigenvalue weighted by atomic mass is 10.2. The molecule has 0 saturated heterocycles. The van der Waals surface area contributed by atoms with E-state index in [1.165, 1.54) is 12.1 Å². The highest BCUT2D eigenvalue weighted by molar-refractivity contribution is 7.92. The van der Waals surface area contributed by atoms with Crippen molar-refractivity contribution in [1.29, 1.82) is 0 Å². The van der Waals surface area contributed by atoms with Crippen molar-refractivity contribution < 1.29 is 17.2 Å². The fourth-order valence-electron chi connectivity index (χ4n) is 1.92. The summed E-state index contributed by atoms with van der Waals surface area (Å²) in [5, 5.41) is 7.62. The van der Waals surface area contributed by atoms with Crippen LogP contribution in [0.1, 0.15) is 5.89 Å². The summed E-state index contributed by atoms with van der Waals surface area (Å²) in [7, 11) is -3.77. The monoisotopic (exact) mass is 333 g/mol. The van der Waals surface area contributed by atoms with Crippen LogP contribution in [-0.4, -0.2) is 18.6 Å². The number of hydrogen-bond donors (Lipinski definition) is 1. The van der Waals surface area contributed by atoms with Crippen molar-refractivity contribution in [1.82, 2.24) is 10.2 Å². The molecule has 0 unspecified atom stereocenters. The predicted octanol–water partition coefficient (Wildman–Crippen LogP) is 2.98. The van der Waals surface area contributed by atoms with Crippen molar-refractivity contribution in [3.05, 3.63) is 60.2 Å². The van der Waals surface area contributed by atoms with Gasteiger partial charge in [-0.15, -0.1) is 10.2 Å². The maximum Gasteiger partial charge on any atom is 0.261 e. The zero-order valence-electron chi connectivity index (χ0n) is 12.0. The van der Waals surface area contributed by atoms with Gasteiger partial charge >= 0.3 is 0 Å². The highest BCUT2D eigenvalue weighted by atomic mass is 32.2. The van der Waals surface area contributed by atoms with E-state index in [0.29, 0.717) is 23.0 Å². The van der Waals surface area contributed by atoms with Gasteiger partial charge in [-0.3, -0.25) is 4.72 Å². The Labute approximate surface area is 132 Å². The van der Waals surface area contributed by atoms with Gasteiger partial charge in [0, 0.05) is 18.2 Å². The first kappa shape index (κ1) is 15.2. The van der Waals surface area contributed by atoms with Crippen LogP contribution in [0.15, 0.2) is 57.8 Å². The van der Waals surface area contributed by atoms with E-state index in [2.05, 4.69) is 14.9 Å². The zero-order chi connectivity index (χ0) is 16.4. The maximum absolute atomic E-state index is 12.9. The summed E-state index contributed by atoms with van der Waals surface area (Å²) in [6.45, 7) is 1.68. The molecule has 3 rings (SSSR count). The average Bonchev–Trinajstić information content (AvgIpc) is 2.95. The molecule has 0 aliphatic carbocycles. The number of aromatic nitrogens is 2. The lowest BCUT2D eigenvalue weighted by Crippen LogP contribution is -2.12. The van der Waals surface area contributed by atoms with E-state index >= 15 is 0 Å². The lowest BCUT2D eigenvalue weighted by Gasteiger charge is -2.08. The van der Waals surface area contributed by atoms with Gasteiger partial charge < -0.3 is 4.42 Å². The van der Waals surface area contributed by atoms with Crippen LogP contribution in [0.25, 0.3) is 11.5 Å². The summed E-state index contributed by atoms with van der Waals surface area (Å²) in [6.07, 6.45) is 0. The van der Waals surface area contributed by atoms with E-state index in [0.717, 1.165) is 12.1 Å². The summed E-state index contributed by atoms with van der Waals surface area (Å²) in [6, 6.07) is 11.1. The van der Waals surface area contributed by atoms with Crippen molar-refractivity contribution in [3.63, 3.8) is 0 Å². The molecule has 0 spiro atoms. The number of nitrogens with zero attached hydrogens (tertiary/aromatic N) is 2. The highest BCUT2D eigenvalue weighted by Gasteiger charge is 2.14. The van der Waals surface area contributed by atoms with E-state index in [1.54, 1.807) is 31.2 Å². The Morgan fingerprint density at radius 1 is 1.00 bits per heavy atom. The number of sulfonamides is 1. The molecule has 0 atom stereocenters. The van der Waals surface area contributed by atoms with Crippen LogP contribution in [-0.2, 0) is 10.0 Å². The van der Waals surface area contributed by atoms with Crippen LogP contribution in [0.4, 0.5) is 10.1 Å². The Balaban J connectivity index is 1.81. The molecule has 8 heteroatoms. The second-order valence-corrected chi connectivity index (χ2v) is 6.45. The molecular weight excluding hydrogens is 321 g/mol. The number of halogens is 1. The van der Waals surface area contributed by atoms with Gasteiger partial charge in [0.2, 0.25) is 11.8 Å². The highest BCUT2D eigenvalue weighted by Crippen LogP contribution is 2.22. The molecule has 0 saturated carbocycles. The Morgan fingerprint density at radius 3 is 2.22 bits per heavy atom. The molecule has 2 aromatic carbocycles. The van der Waals surface area contributed by atoms with E-state index in [1.807, 2.05) is 0 Å². The minimum Gasteiger partial charge on any atom is -0.421 e. The van der Waals surface area contributed by atoms with Crippen LogP contribution in [0, 0.1) is 12.7 Å². The van der Waals surface area contributed by atoms with Gasteiger partial charge in [0.15, 0.2) is 0 Å². The molecule has 0 bridgehead atoms. The van der Waals surface area contributed by atoms with Crippen molar-refractivity contribution >= 4 is 15.7 Å². The fourth-order valence-corrected chi connectivity index (χ4v) is 2.98. The third-order valence-corrected chi connectivity index (χ3v) is 4.43. The molecule has 0 aliphatic rings. The first-order chi connectivity index (χ1) is 10.9. The normalized spacial score (nSPS) is 11.4. The van der Waals surface area contributed by atoms with Gasteiger partial charge in [-0.2, -0.15) is 0 Å². The Bertz CT molecular complexity index is 919. The SMILES string of the molecule is Cc1nnc(-c2ccc(NS(=O)(=O)c3ccc(F)cc3)cc2)o1.